The van der Waals surface area contributed by atoms with E-state index < -0.39 is 0 Å². The lowest BCUT2D eigenvalue weighted by molar-refractivity contribution is 1.18. The van der Waals surface area contributed by atoms with Crippen LogP contribution in [0.1, 0.15) is 0 Å². The molecular formula is C18H12BrN5. The van der Waals surface area contributed by atoms with Crippen molar-refractivity contribution >= 4 is 32.7 Å². The normalized spacial score (nSPS) is 10.9. The van der Waals surface area contributed by atoms with E-state index in [9.17, 15) is 0 Å². The number of nitrogens with two attached hydrogens (primary N) is 1. The first-order valence-electron chi connectivity index (χ1n) is 7.31. The van der Waals surface area contributed by atoms with Gasteiger partial charge < -0.3 is 5.73 Å². The fraction of sp³-hybridized carbons (Fsp3) is 0. The predicted molar refractivity (Wildman–Crippen MR) is 98.1 cm³/mol. The molecule has 0 radical (unpaired) electrons. The number of aromatic nitrogens is 4. The van der Waals surface area contributed by atoms with E-state index in [0.717, 1.165) is 33.4 Å². The van der Waals surface area contributed by atoms with Gasteiger partial charge in [-0.15, -0.1) is 0 Å². The van der Waals surface area contributed by atoms with Gasteiger partial charge in [0.15, 0.2) is 5.82 Å². The standard InChI is InChI=1S/C18H12BrN5/c19-17-18(20)24-15(11-4-2-1-3-5-11)16(23-17)12-6-7-14-13(8-12)9-21-10-22-14/h1-10H,(H2,20,24). The number of hydrogen-bond donors (Lipinski definition) is 1. The van der Waals surface area contributed by atoms with Crippen molar-refractivity contribution in [3.05, 3.63) is 65.7 Å². The van der Waals surface area contributed by atoms with Crippen LogP contribution in [-0.2, 0) is 0 Å². The molecule has 24 heavy (non-hydrogen) atoms. The van der Waals surface area contributed by atoms with Crippen molar-refractivity contribution in [1.82, 2.24) is 19.9 Å². The Kier molecular flexibility index (Phi) is 3.66. The molecule has 0 atom stereocenters. The van der Waals surface area contributed by atoms with Gasteiger partial charge in [0.2, 0.25) is 0 Å². The quantitative estimate of drug-likeness (QED) is 0.568. The van der Waals surface area contributed by atoms with E-state index in [1.165, 1.54) is 6.33 Å². The summed E-state index contributed by atoms with van der Waals surface area (Å²) in [7, 11) is 0. The summed E-state index contributed by atoms with van der Waals surface area (Å²) in [6, 6.07) is 15.8. The van der Waals surface area contributed by atoms with Gasteiger partial charge in [-0.2, -0.15) is 0 Å². The van der Waals surface area contributed by atoms with Crippen LogP contribution in [-0.4, -0.2) is 19.9 Å². The van der Waals surface area contributed by atoms with Crippen molar-refractivity contribution in [2.24, 2.45) is 0 Å². The molecule has 0 bridgehead atoms. The fourth-order valence-corrected chi connectivity index (χ4v) is 2.82. The van der Waals surface area contributed by atoms with Crippen molar-refractivity contribution in [3.63, 3.8) is 0 Å². The van der Waals surface area contributed by atoms with E-state index in [1.807, 2.05) is 48.5 Å². The minimum atomic E-state index is 0.363. The fourth-order valence-electron chi connectivity index (χ4n) is 2.56. The number of nitrogens with zero attached hydrogens (tertiary/aromatic N) is 4. The van der Waals surface area contributed by atoms with Crippen molar-refractivity contribution < 1.29 is 0 Å². The number of rotatable bonds is 2. The number of hydrogen-bond acceptors (Lipinski definition) is 5. The van der Waals surface area contributed by atoms with E-state index in [0.29, 0.717) is 10.4 Å². The van der Waals surface area contributed by atoms with Crippen molar-refractivity contribution in [3.8, 4) is 22.5 Å². The number of nitrogen functional groups attached to an aromatic ring is 1. The lowest BCUT2D eigenvalue weighted by Gasteiger charge is -2.11. The summed E-state index contributed by atoms with van der Waals surface area (Å²) in [5.74, 6) is 0.363. The van der Waals surface area contributed by atoms with E-state index in [2.05, 4.69) is 35.9 Å². The van der Waals surface area contributed by atoms with Gasteiger partial charge in [-0.05, 0) is 28.1 Å². The molecule has 0 saturated carbocycles. The van der Waals surface area contributed by atoms with Crippen LogP contribution < -0.4 is 5.73 Å². The Morgan fingerprint density at radius 3 is 2.50 bits per heavy atom. The lowest BCUT2D eigenvalue weighted by Crippen LogP contribution is -2.00. The maximum atomic E-state index is 5.96. The molecule has 0 unspecified atom stereocenters. The Morgan fingerprint density at radius 1 is 0.875 bits per heavy atom. The van der Waals surface area contributed by atoms with Crippen molar-refractivity contribution in [2.45, 2.75) is 0 Å². The van der Waals surface area contributed by atoms with Crippen LogP contribution in [0.25, 0.3) is 33.4 Å². The Balaban J connectivity index is 1.97. The molecule has 5 nitrogen and oxygen atoms in total. The second kappa shape index (κ2) is 5.98. The zero-order chi connectivity index (χ0) is 16.5. The van der Waals surface area contributed by atoms with E-state index in [1.54, 1.807) is 6.20 Å². The third-order valence-corrected chi connectivity index (χ3v) is 4.29. The number of benzene rings is 2. The molecule has 4 aromatic rings. The van der Waals surface area contributed by atoms with Gasteiger partial charge >= 0.3 is 0 Å². The zero-order valence-corrected chi connectivity index (χ0v) is 14.1. The monoisotopic (exact) mass is 377 g/mol. The molecule has 0 amide bonds. The van der Waals surface area contributed by atoms with Crippen LogP contribution in [0.15, 0.2) is 65.7 Å². The Labute approximate surface area is 146 Å². The zero-order valence-electron chi connectivity index (χ0n) is 12.5. The molecular weight excluding hydrogens is 366 g/mol. The minimum Gasteiger partial charge on any atom is -0.381 e. The first kappa shape index (κ1) is 14.7. The second-order valence-corrected chi connectivity index (χ2v) is 6.01. The van der Waals surface area contributed by atoms with Gasteiger partial charge in [0, 0.05) is 22.7 Å². The van der Waals surface area contributed by atoms with Crippen LogP contribution in [0.5, 0.6) is 0 Å². The molecule has 0 spiro atoms. The average Bonchev–Trinajstić information content (AvgIpc) is 2.64. The summed E-state index contributed by atoms with van der Waals surface area (Å²) >= 11 is 3.38. The molecule has 0 aliphatic heterocycles. The summed E-state index contributed by atoms with van der Waals surface area (Å²) in [4.78, 5) is 17.5. The smallest absolute Gasteiger partial charge is 0.157 e. The second-order valence-electron chi connectivity index (χ2n) is 5.26. The Morgan fingerprint density at radius 2 is 1.67 bits per heavy atom. The molecule has 2 N–H and O–H groups in total. The van der Waals surface area contributed by atoms with Gasteiger partial charge in [-0.1, -0.05) is 36.4 Å². The summed E-state index contributed by atoms with van der Waals surface area (Å²) < 4.78 is 0.529. The average molecular weight is 378 g/mol. The van der Waals surface area contributed by atoms with E-state index in [-0.39, 0.29) is 0 Å². The predicted octanol–water partition coefficient (Wildman–Crippen LogP) is 4.10. The SMILES string of the molecule is Nc1nc(-c2ccccc2)c(-c2ccc3ncncc3c2)nc1Br. The third-order valence-electron chi connectivity index (χ3n) is 3.70. The maximum absolute atomic E-state index is 5.96. The molecule has 6 heteroatoms. The van der Waals surface area contributed by atoms with Crippen LogP contribution in [0.3, 0.4) is 0 Å². The van der Waals surface area contributed by atoms with Gasteiger partial charge in [-0.3, -0.25) is 0 Å². The van der Waals surface area contributed by atoms with Crippen LogP contribution in [0, 0.1) is 0 Å². The van der Waals surface area contributed by atoms with E-state index in [4.69, 9.17) is 5.73 Å². The number of fused-ring (bicyclic) bond motifs is 1. The molecule has 0 fully saturated rings. The first-order chi connectivity index (χ1) is 11.7. The van der Waals surface area contributed by atoms with Gasteiger partial charge in [0.1, 0.15) is 10.9 Å². The van der Waals surface area contributed by atoms with E-state index >= 15 is 0 Å². The molecule has 0 aliphatic rings. The maximum Gasteiger partial charge on any atom is 0.157 e. The van der Waals surface area contributed by atoms with Crippen LogP contribution in [0.4, 0.5) is 5.82 Å². The Hall–Kier alpha value is -2.86. The third kappa shape index (κ3) is 2.61. The van der Waals surface area contributed by atoms with Crippen LogP contribution >= 0.6 is 15.9 Å². The molecule has 2 aromatic carbocycles. The summed E-state index contributed by atoms with van der Waals surface area (Å²) in [5.41, 5.74) is 10.2. The summed E-state index contributed by atoms with van der Waals surface area (Å²) in [6.07, 6.45) is 3.32. The highest BCUT2D eigenvalue weighted by Crippen LogP contribution is 2.33. The molecule has 2 aromatic heterocycles. The molecule has 2 heterocycles. The van der Waals surface area contributed by atoms with Crippen molar-refractivity contribution in [1.29, 1.82) is 0 Å². The lowest BCUT2D eigenvalue weighted by atomic mass is 10.0. The minimum absolute atomic E-state index is 0.363. The molecule has 0 aliphatic carbocycles. The number of anilines is 1. The number of halogens is 1. The molecule has 0 saturated heterocycles. The summed E-state index contributed by atoms with van der Waals surface area (Å²) in [6.45, 7) is 0. The highest BCUT2D eigenvalue weighted by molar-refractivity contribution is 9.10. The summed E-state index contributed by atoms with van der Waals surface area (Å²) in [5, 5.41) is 0.948. The van der Waals surface area contributed by atoms with Gasteiger partial charge in [0.05, 0.1) is 16.9 Å². The topological polar surface area (TPSA) is 77.6 Å². The van der Waals surface area contributed by atoms with Gasteiger partial charge in [-0.25, -0.2) is 19.9 Å². The van der Waals surface area contributed by atoms with Gasteiger partial charge in [0.25, 0.3) is 0 Å². The first-order valence-corrected chi connectivity index (χ1v) is 8.10. The van der Waals surface area contributed by atoms with Crippen LogP contribution in [0.2, 0.25) is 0 Å². The Bertz CT molecular complexity index is 1030. The molecule has 4 rings (SSSR count). The largest absolute Gasteiger partial charge is 0.381 e. The highest BCUT2D eigenvalue weighted by Gasteiger charge is 2.14. The molecule has 116 valence electrons. The highest BCUT2D eigenvalue weighted by atomic mass is 79.9. The van der Waals surface area contributed by atoms with Crippen molar-refractivity contribution in [2.75, 3.05) is 5.73 Å².